The minimum atomic E-state index is 0.0794. The third-order valence-corrected chi connectivity index (χ3v) is 2.66. The maximum Gasteiger partial charge on any atom is 0.233 e. The monoisotopic (exact) mass is 222 g/mol. The predicted molar refractivity (Wildman–Crippen MR) is 60.6 cm³/mol. The van der Waals surface area contributed by atoms with Crippen LogP contribution in [0.15, 0.2) is 12.4 Å². The number of aryl methyl sites for hydroxylation is 1. The van der Waals surface area contributed by atoms with Gasteiger partial charge in [0.05, 0.1) is 12.7 Å². The molecule has 1 amide bonds. The molecule has 2 rings (SSSR count). The summed E-state index contributed by atoms with van der Waals surface area (Å²) in [5, 5.41) is 10.1. The Hall–Kier alpha value is -1.36. The van der Waals surface area contributed by atoms with Gasteiger partial charge in [-0.2, -0.15) is 5.10 Å². The lowest BCUT2D eigenvalue weighted by Crippen LogP contribution is -2.34. The van der Waals surface area contributed by atoms with Gasteiger partial charge in [0.15, 0.2) is 0 Å². The number of nitrogens with zero attached hydrogens (tertiary/aromatic N) is 2. The molecule has 1 aliphatic rings. The minimum absolute atomic E-state index is 0.0794. The van der Waals surface area contributed by atoms with Gasteiger partial charge in [-0.1, -0.05) is 0 Å². The van der Waals surface area contributed by atoms with E-state index in [1.807, 2.05) is 13.2 Å². The molecule has 1 heterocycles. The lowest BCUT2D eigenvalue weighted by atomic mass is 10.3. The molecule has 0 aliphatic heterocycles. The smallest absolute Gasteiger partial charge is 0.233 e. The molecule has 88 valence electrons. The molecular formula is C11H18N4O. The van der Waals surface area contributed by atoms with Crippen LogP contribution in [-0.2, 0) is 18.4 Å². The summed E-state index contributed by atoms with van der Waals surface area (Å²) in [6.45, 7) is 1.90. The summed E-state index contributed by atoms with van der Waals surface area (Å²) in [6.07, 6.45) is 6.27. The van der Waals surface area contributed by atoms with Crippen molar-refractivity contribution in [3.8, 4) is 0 Å². The molecule has 0 aromatic carbocycles. The van der Waals surface area contributed by atoms with Gasteiger partial charge in [0, 0.05) is 31.9 Å². The van der Waals surface area contributed by atoms with Crippen LogP contribution in [0, 0.1) is 5.92 Å². The van der Waals surface area contributed by atoms with Gasteiger partial charge in [-0.25, -0.2) is 0 Å². The van der Waals surface area contributed by atoms with Gasteiger partial charge >= 0.3 is 0 Å². The maximum atomic E-state index is 11.4. The number of aromatic nitrogens is 2. The SMILES string of the molecule is Cn1cc(CNCC(=O)NCC2CC2)cn1. The fourth-order valence-electron chi connectivity index (χ4n) is 1.53. The van der Waals surface area contributed by atoms with Crippen molar-refractivity contribution in [3.05, 3.63) is 18.0 Å². The quantitative estimate of drug-likeness (QED) is 0.714. The Morgan fingerprint density at radius 2 is 2.44 bits per heavy atom. The van der Waals surface area contributed by atoms with Gasteiger partial charge in [-0.3, -0.25) is 9.48 Å². The summed E-state index contributed by atoms with van der Waals surface area (Å²) in [7, 11) is 1.88. The van der Waals surface area contributed by atoms with Crippen LogP contribution in [0.2, 0.25) is 0 Å². The Bertz CT molecular complexity index is 357. The van der Waals surface area contributed by atoms with Crippen molar-refractivity contribution < 1.29 is 4.79 Å². The van der Waals surface area contributed by atoms with Crippen molar-refractivity contribution in [3.63, 3.8) is 0 Å². The third-order valence-electron chi connectivity index (χ3n) is 2.66. The Balaban J connectivity index is 1.57. The van der Waals surface area contributed by atoms with E-state index < -0.39 is 0 Å². The molecule has 0 radical (unpaired) electrons. The first-order valence-corrected chi connectivity index (χ1v) is 5.69. The number of hydrogen-bond donors (Lipinski definition) is 2. The fraction of sp³-hybridized carbons (Fsp3) is 0.636. The van der Waals surface area contributed by atoms with E-state index in [0.717, 1.165) is 18.0 Å². The van der Waals surface area contributed by atoms with Crippen molar-refractivity contribution >= 4 is 5.91 Å². The zero-order valence-electron chi connectivity index (χ0n) is 9.57. The van der Waals surface area contributed by atoms with Gasteiger partial charge in [0.1, 0.15) is 0 Å². The summed E-state index contributed by atoms with van der Waals surface area (Å²) < 4.78 is 1.75. The predicted octanol–water partition coefficient (Wildman–Crippen LogP) is 0.0359. The van der Waals surface area contributed by atoms with Crippen molar-refractivity contribution in [2.45, 2.75) is 19.4 Å². The van der Waals surface area contributed by atoms with E-state index in [0.29, 0.717) is 13.1 Å². The summed E-state index contributed by atoms with van der Waals surface area (Å²) in [6, 6.07) is 0. The van der Waals surface area contributed by atoms with E-state index in [4.69, 9.17) is 0 Å². The Kier molecular flexibility index (Phi) is 3.56. The van der Waals surface area contributed by atoms with Crippen LogP contribution in [0.5, 0.6) is 0 Å². The van der Waals surface area contributed by atoms with Crippen molar-refractivity contribution in [1.29, 1.82) is 0 Å². The summed E-state index contributed by atoms with van der Waals surface area (Å²) in [5.74, 6) is 0.818. The molecule has 0 bridgehead atoms. The molecule has 1 fully saturated rings. The maximum absolute atomic E-state index is 11.4. The van der Waals surface area contributed by atoms with Gasteiger partial charge in [-0.15, -0.1) is 0 Å². The third kappa shape index (κ3) is 3.66. The first-order valence-electron chi connectivity index (χ1n) is 5.69. The van der Waals surface area contributed by atoms with Gasteiger partial charge in [0.2, 0.25) is 5.91 Å². The summed E-state index contributed by atoms with van der Waals surface area (Å²) in [4.78, 5) is 11.4. The molecule has 0 spiro atoms. The molecule has 0 saturated heterocycles. The fourth-order valence-corrected chi connectivity index (χ4v) is 1.53. The number of hydrogen-bond acceptors (Lipinski definition) is 3. The molecule has 1 saturated carbocycles. The highest BCUT2D eigenvalue weighted by molar-refractivity contribution is 5.77. The minimum Gasteiger partial charge on any atom is -0.355 e. The highest BCUT2D eigenvalue weighted by Gasteiger charge is 2.21. The average molecular weight is 222 g/mol. The lowest BCUT2D eigenvalue weighted by Gasteiger charge is -2.04. The zero-order valence-corrected chi connectivity index (χ0v) is 9.57. The standard InChI is InChI=1S/C11H18N4O/c1-15-8-10(6-14-15)4-12-7-11(16)13-5-9-2-3-9/h6,8-9,12H,2-5,7H2,1H3,(H,13,16). The van der Waals surface area contributed by atoms with Crippen molar-refractivity contribution in [2.75, 3.05) is 13.1 Å². The van der Waals surface area contributed by atoms with E-state index >= 15 is 0 Å². The van der Waals surface area contributed by atoms with Crippen LogP contribution in [0.25, 0.3) is 0 Å². The molecular weight excluding hydrogens is 204 g/mol. The average Bonchev–Trinajstić information content (AvgIpc) is 2.99. The van der Waals surface area contributed by atoms with Gasteiger partial charge < -0.3 is 10.6 Å². The zero-order chi connectivity index (χ0) is 11.4. The number of nitrogens with one attached hydrogen (secondary N) is 2. The van der Waals surface area contributed by atoms with E-state index in [1.165, 1.54) is 12.8 Å². The second-order valence-electron chi connectivity index (χ2n) is 4.37. The van der Waals surface area contributed by atoms with Gasteiger partial charge in [0.25, 0.3) is 0 Å². The van der Waals surface area contributed by atoms with Crippen molar-refractivity contribution in [1.82, 2.24) is 20.4 Å². The number of carbonyl (C=O) groups excluding carboxylic acids is 1. The Morgan fingerprint density at radius 1 is 1.62 bits per heavy atom. The highest BCUT2D eigenvalue weighted by atomic mass is 16.1. The number of rotatable bonds is 6. The molecule has 16 heavy (non-hydrogen) atoms. The summed E-state index contributed by atoms with van der Waals surface area (Å²) in [5.41, 5.74) is 1.09. The summed E-state index contributed by atoms with van der Waals surface area (Å²) >= 11 is 0. The van der Waals surface area contributed by atoms with Crippen LogP contribution in [0.1, 0.15) is 18.4 Å². The van der Waals surface area contributed by atoms with E-state index in [-0.39, 0.29) is 5.91 Å². The molecule has 0 unspecified atom stereocenters. The topological polar surface area (TPSA) is 59.0 Å². The van der Waals surface area contributed by atoms with Crippen molar-refractivity contribution in [2.24, 2.45) is 13.0 Å². The van der Waals surface area contributed by atoms with Crippen LogP contribution in [-0.4, -0.2) is 28.8 Å². The second-order valence-corrected chi connectivity index (χ2v) is 4.37. The van der Waals surface area contributed by atoms with Crippen LogP contribution in [0.3, 0.4) is 0 Å². The molecule has 5 nitrogen and oxygen atoms in total. The van der Waals surface area contributed by atoms with Gasteiger partial charge in [-0.05, 0) is 18.8 Å². The number of amides is 1. The van der Waals surface area contributed by atoms with Crippen LogP contribution < -0.4 is 10.6 Å². The highest BCUT2D eigenvalue weighted by Crippen LogP contribution is 2.27. The van der Waals surface area contributed by atoms with E-state index in [2.05, 4.69) is 15.7 Å². The lowest BCUT2D eigenvalue weighted by molar-refractivity contribution is -0.120. The number of carbonyl (C=O) groups is 1. The molecule has 2 N–H and O–H groups in total. The van der Waals surface area contributed by atoms with E-state index in [9.17, 15) is 4.79 Å². The molecule has 1 aromatic heterocycles. The molecule has 1 aromatic rings. The van der Waals surface area contributed by atoms with Crippen LogP contribution >= 0.6 is 0 Å². The Morgan fingerprint density at radius 3 is 3.06 bits per heavy atom. The first kappa shape index (κ1) is 11.1. The normalized spacial score (nSPS) is 15.1. The molecule has 1 aliphatic carbocycles. The van der Waals surface area contributed by atoms with Crippen LogP contribution in [0.4, 0.5) is 0 Å². The molecule has 5 heteroatoms. The van der Waals surface area contributed by atoms with E-state index in [1.54, 1.807) is 10.9 Å². The second kappa shape index (κ2) is 5.12. The Labute approximate surface area is 95.2 Å². The first-order chi connectivity index (χ1) is 7.74. The molecule has 0 atom stereocenters. The largest absolute Gasteiger partial charge is 0.355 e.